The molecular formula is C15H18N2O2. The minimum Gasteiger partial charge on any atom is -0.405 e. The Kier molecular flexibility index (Phi) is 2.14. The minimum absolute atomic E-state index is 0.295. The maximum Gasteiger partial charge on any atom is 0.419 e. The lowest BCUT2D eigenvalue weighted by atomic mass is 9.53. The van der Waals surface area contributed by atoms with Crippen molar-refractivity contribution in [2.45, 2.75) is 38.1 Å². The summed E-state index contributed by atoms with van der Waals surface area (Å²) in [5.74, 6) is -0.295. The first-order valence-corrected chi connectivity index (χ1v) is 7.05. The Morgan fingerprint density at radius 2 is 2.21 bits per heavy atom. The molecule has 1 unspecified atom stereocenters. The first-order valence-electron chi connectivity index (χ1n) is 7.05. The zero-order valence-electron chi connectivity index (χ0n) is 11.1. The van der Waals surface area contributed by atoms with Gasteiger partial charge in [-0.05, 0) is 43.2 Å². The Hall–Kier alpha value is -1.71. The number of para-hydroxylation sites is 1. The van der Waals surface area contributed by atoms with Crippen molar-refractivity contribution >= 4 is 16.8 Å². The van der Waals surface area contributed by atoms with Crippen LogP contribution in [0.1, 0.15) is 32.1 Å². The number of nitrogens with zero attached hydrogens (tertiary/aromatic N) is 1. The third-order valence-corrected chi connectivity index (χ3v) is 5.17. The highest BCUT2D eigenvalue weighted by atomic mass is 16.4. The van der Waals surface area contributed by atoms with Crippen LogP contribution < -0.4 is 11.1 Å². The van der Waals surface area contributed by atoms with Crippen molar-refractivity contribution in [1.82, 2.24) is 4.57 Å². The standard InChI is InChI=1S/C15H18N2O2/c1-17-11-5-2-4-10(13(11)19-14(17)18)16-12-6-9-15(12)7-3-8-15/h2,4-5,12,16H,3,6-9H2,1H3. The number of hydrogen-bond donors (Lipinski definition) is 1. The number of hydrogen-bond acceptors (Lipinski definition) is 3. The van der Waals surface area contributed by atoms with Crippen LogP contribution in [0.5, 0.6) is 0 Å². The second-order valence-corrected chi connectivity index (χ2v) is 6.03. The SMILES string of the molecule is Cn1c(=O)oc2c(NC3CCC34CCC4)cccc21. The predicted molar refractivity (Wildman–Crippen MR) is 74.4 cm³/mol. The van der Waals surface area contributed by atoms with Crippen LogP contribution in [0.2, 0.25) is 0 Å². The van der Waals surface area contributed by atoms with E-state index in [1.807, 2.05) is 18.2 Å². The van der Waals surface area contributed by atoms with Gasteiger partial charge in [-0.3, -0.25) is 4.57 Å². The van der Waals surface area contributed by atoms with Crippen molar-refractivity contribution in [1.29, 1.82) is 0 Å². The third kappa shape index (κ3) is 1.43. The van der Waals surface area contributed by atoms with Gasteiger partial charge in [0.1, 0.15) is 0 Å². The van der Waals surface area contributed by atoms with Crippen LogP contribution in [0.15, 0.2) is 27.4 Å². The summed E-state index contributed by atoms with van der Waals surface area (Å²) in [6, 6.07) is 6.46. The number of nitrogens with one attached hydrogen (secondary N) is 1. The van der Waals surface area contributed by atoms with Gasteiger partial charge in [0.15, 0.2) is 5.58 Å². The Labute approximate surface area is 111 Å². The first kappa shape index (κ1) is 11.1. The fraction of sp³-hybridized carbons (Fsp3) is 0.533. The molecule has 1 aromatic heterocycles. The Morgan fingerprint density at radius 3 is 2.84 bits per heavy atom. The van der Waals surface area contributed by atoms with Crippen LogP contribution in [-0.2, 0) is 7.05 Å². The molecule has 2 fully saturated rings. The quantitative estimate of drug-likeness (QED) is 0.901. The first-order chi connectivity index (χ1) is 9.20. The van der Waals surface area contributed by atoms with Gasteiger partial charge in [0.2, 0.25) is 0 Å². The van der Waals surface area contributed by atoms with E-state index in [4.69, 9.17) is 4.42 Å². The summed E-state index contributed by atoms with van der Waals surface area (Å²) in [6.07, 6.45) is 6.63. The molecule has 4 nitrogen and oxygen atoms in total. The fourth-order valence-corrected chi connectivity index (χ4v) is 3.60. The molecule has 100 valence electrons. The summed E-state index contributed by atoms with van der Waals surface area (Å²) in [7, 11) is 1.74. The van der Waals surface area contributed by atoms with Crippen molar-refractivity contribution in [3.8, 4) is 0 Å². The fourth-order valence-electron chi connectivity index (χ4n) is 3.60. The van der Waals surface area contributed by atoms with Crippen molar-refractivity contribution in [3.05, 3.63) is 28.7 Å². The van der Waals surface area contributed by atoms with Crippen LogP contribution in [0.3, 0.4) is 0 Å². The summed E-state index contributed by atoms with van der Waals surface area (Å²) in [4.78, 5) is 11.6. The highest BCUT2D eigenvalue weighted by molar-refractivity contribution is 5.86. The topological polar surface area (TPSA) is 47.2 Å². The molecule has 0 saturated heterocycles. The molecule has 19 heavy (non-hydrogen) atoms. The van der Waals surface area contributed by atoms with Crippen molar-refractivity contribution < 1.29 is 4.42 Å². The second-order valence-electron chi connectivity index (χ2n) is 6.03. The molecule has 1 heterocycles. The van der Waals surface area contributed by atoms with Crippen molar-refractivity contribution in [2.75, 3.05) is 5.32 Å². The minimum atomic E-state index is -0.295. The van der Waals surface area contributed by atoms with Crippen LogP contribution >= 0.6 is 0 Å². The molecule has 1 atom stereocenters. The summed E-state index contributed by atoms with van der Waals surface area (Å²) in [5.41, 5.74) is 3.05. The van der Waals surface area contributed by atoms with E-state index in [0.717, 1.165) is 11.2 Å². The van der Waals surface area contributed by atoms with E-state index in [1.165, 1.54) is 32.1 Å². The Morgan fingerprint density at radius 1 is 1.37 bits per heavy atom. The molecule has 0 aliphatic heterocycles. The highest BCUT2D eigenvalue weighted by Crippen LogP contribution is 2.56. The zero-order chi connectivity index (χ0) is 13.0. The number of fused-ring (bicyclic) bond motifs is 1. The van der Waals surface area contributed by atoms with Gasteiger partial charge in [0.25, 0.3) is 0 Å². The molecule has 2 aromatic rings. The zero-order valence-corrected chi connectivity index (χ0v) is 11.1. The lowest BCUT2D eigenvalue weighted by molar-refractivity contribution is 0.0130. The number of benzene rings is 1. The van der Waals surface area contributed by atoms with Crippen molar-refractivity contribution in [2.24, 2.45) is 12.5 Å². The Balaban J connectivity index is 1.71. The molecule has 0 bridgehead atoms. The van der Waals surface area contributed by atoms with Gasteiger partial charge in [-0.25, -0.2) is 4.79 Å². The van der Waals surface area contributed by atoms with E-state index in [-0.39, 0.29) is 5.76 Å². The lowest BCUT2D eigenvalue weighted by Gasteiger charge is -2.56. The smallest absolute Gasteiger partial charge is 0.405 e. The van der Waals surface area contributed by atoms with E-state index < -0.39 is 0 Å². The molecular weight excluding hydrogens is 240 g/mol. The van der Waals surface area contributed by atoms with Crippen LogP contribution in [-0.4, -0.2) is 10.6 Å². The lowest BCUT2D eigenvalue weighted by Crippen LogP contribution is -2.53. The van der Waals surface area contributed by atoms with Crippen LogP contribution in [0.4, 0.5) is 5.69 Å². The average molecular weight is 258 g/mol. The monoisotopic (exact) mass is 258 g/mol. The summed E-state index contributed by atoms with van der Waals surface area (Å²) in [6.45, 7) is 0. The van der Waals surface area contributed by atoms with Gasteiger partial charge in [0.05, 0.1) is 11.2 Å². The number of rotatable bonds is 2. The normalized spacial score (nSPS) is 24.2. The number of aromatic nitrogens is 1. The molecule has 2 aliphatic rings. The molecule has 1 aromatic carbocycles. The molecule has 0 amide bonds. The van der Waals surface area contributed by atoms with Crippen molar-refractivity contribution in [3.63, 3.8) is 0 Å². The van der Waals surface area contributed by atoms with E-state index >= 15 is 0 Å². The maximum absolute atomic E-state index is 11.6. The molecule has 2 aliphatic carbocycles. The van der Waals surface area contributed by atoms with Gasteiger partial charge in [-0.2, -0.15) is 0 Å². The van der Waals surface area contributed by atoms with Gasteiger partial charge in [-0.1, -0.05) is 12.5 Å². The number of aryl methyl sites for hydroxylation is 1. The predicted octanol–water partition coefficient (Wildman–Crippen LogP) is 2.88. The van der Waals surface area contributed by atoms with E-state index in [9.17, 15) is 4.79 Å². The largest absolute Gasteiger partial charge is 0.419 e. The van der Waals surface area contributed by atoms with Crippen LogP contribution in [0.25, 0.3) is 11.1 Å². The van der Waals surface area contributed by atoms with E-state index in [1.54, 1.807) is 11.6 Å². The molecule has 2 saturated carbocycles. The maximum atomic E-state index is 11.6. The van der Waals surface area contributed by atoms with E-state index in [2.05, 4.69) is 5.32 Å². The Bertz CT molecular complexity index is 688. The summed E-state index contributed by atoms with van der Waals surface area (Å²) in [5, 5.41) is 3.61. The average Bonchev–Trinajstić information content (AvgIpc) is 2.60. The van der Waals surface area contributed by atoms with Crippen LogP contribution in [0, 0.1) is 5.41 Å². The number of anilines is 1. The third-order valence-electron chi connectivity index (χ3n) is 5.17. The molecule has 4 heteroatoms. The molecule has 1 N–H and O–H groups in total. The molecule has 1 spiro atoms. The molecule has 0 radical (unpaired) electrons. The molecule has 4 rings (SSSR count). The summed E-state index contributed by atoms with van der Waals surface area (Å²) < 4.78 is 6.92. The summed E-state index contributed by atoms with van der Waals surface area (Å²) >= 11 is 0. The van der Waals surface area contributed by atoms with Gasteiger partial charge in [-0.15, -0.1) is 0 Å². The van der Waals surface area contributed by atoms with E-state index in [0.29, 0.717) is 17.0 Å². The van der Waals surface area contributed by atoms with Gasteiger partial charge < -0.3 is 9.73 Å². The second kappa shape index (κ2) is 3.65. The number of oxazole rings is 1. The highest BCUT2D eigenvalue weighted by Gasteiger charge is 2.50. The van der Waals surface area contributed by atoms with Gasteiger partial charge >= 0.3 is 5.76 Å². The van der Waals surface area contributed by atoms with Gasteiger partial charge in [0, 0.05) is 13.1 Å².